The number of hydrogen-bond donors (Lipinski definition) is 0. The quantitative estimate of drug-likeness (QED) is 0.701. The molecular formula is C16H23N. The number of allylic oxidation sites excluding steroid dienone is 1. The van der Waals surface area contributed by atoms with Gasteiger partial charge >= 0.3 is 0 Å². The minimum absolute atomic E-state index is 1.10. The molecule has 1 aromatic carbocycles. The fourth-order valence-corrected chi connectivity index (χ4v) is 2.34. The molecule has 0 saturated carbocycles. The van der Waals surface area contributed by atoms with E-state index in [1.54, 1.807) is 5.57 Å². The SMILES string of the molecule is Cc1ccc(CC=C2CCCN(C)CC2)cc1. The van der Waals surface area contributed by atoms with Crippen LogP contribution in [0.2, 0.25) is 0 Å². The van der Waals surface area contributed by atoms with Gasteiger partial charge in [0.2, 0.25) is 0 Å². The number of hydrogen-bond acceptors (Lipinski definition) is 1. The van der Waals surface area contributed by atoms with Crippen molar-refractivity contribution >= 4 is 0 Å². The van der Waals surface area contributed by atoms with Gasteiger partial charge in [-0.15, -0.1) is 0 Å². The van der Waals surface area contributed by atoms with Gasteiger partial charge in [0.05, 0.1) is 0 Å². The zero-order chi connectivity index (χ0) is 12.1. The van der Waals surface area contributed by atoms with E-state index in [0.717, 1.165) is 6.42 Å². The standard InChI is InChI=1S/C16H23N/c1-14-5-7-16(8-6-14)10-9-15-4-3-12-17(2)13-11-15/h5-9H,3-4,10-13H2,1-2H3. The molecule has 1 aromatic rings. The predicted molar refractivity (Wildman–Crippen MR) is 74.3 cm³/mol. The summed E-state index contributed by atoms with van der Waals surface area (Å²) in [6.07, 6.45) is 7.40. The van der Waals surface area contributed by atoms with E-state index in [4.69, 9.17) is 0 Å². The highest BCUT2D eigenvalue weighted by atomic mass is 15.1. The van der Waals surface area contributed by atoms with Gasteiger partial charge in [-0.05, 0) is 51.8 Å². The Balaban J connectivity index is 1.93. The van der Waals surface area contributed by atoms with Gasteiger partial charge in [0.15, 0.2) is 0 Å². The minimum Gasteiger partial charge on any atom is -0.306 e. The van der Waals surface area contributed by atoms with E-state index >= 15 is 0 Å². The van der Waals surface area contributed by atoms with E-state index in [-0.39, 0.29) is 0 Å². The number of rotatable bonds is 2. The highest BCUT2D eigenvalue weighted by Crippen LogP contribution is 2.16. The number of aryl methyl sites for hydroxylation is 1. The second-order valence-electron chi connectivity index (χ2n) is 5.21. The summed E-state index contributed by atoms with van der Waals surface area (Å²) in [5.74, 6) is 0. The largest absolute Gasteiger partial charge is 0.306 e. The molecular weight excluding hydrogens is 206 g/mol. The van der Waals surface area contributed by atoms with Gasteiger partial charge < -0.3 is 4.90 Å². The Labute approximate surface area is 105 Å². The van der Waals surface area contributed by atoms with Crippen molar-refractivity contribution in [3.8, 4) is 0 Å². The smallest absolute Gasteiger partial charge is 0.00155 e. The first-order valence-corrected chi connectivity index (χ1v) is 6.66. The molecule has 0 atom stereocenters. The van der Waals surface area contributed by atoms with E-state index in [9.17, 15) is 0 Å². The van der Waals surface area contributed by atoms with Crippen molar-refractivity contribution < 1.29 is 0 Å². The Morgan fingerprint density at radius 3 is 2.65 bits per heavy atom. The fraction of sp³-hybridized carbons (Fsp3) is 0.500. The molecule has 0 spiro atoms. The predicted octanol–water partition coefficient (Wildman–Crippen LogP) is 3.58. The van der Waals surface area contributed by atoms with E-state index in [1.165, 1.54) is 43.5 Å². The molecule has 2 rings (SSSR count). The lowest BCUT2D eigenvalue weighted by Gasteiger charge is -2.10. The molecule has 0 radical (unpaired) electrons. The van der Waals surface area contributed by atoms with E-state index in [0.29, 0.717) is 0 Å². The van der Waals surface area contributed by atoms with Gasteiger partial charge in [0.1, 0.15) is 0 Å². The minimum atomic E-state index is 1.10. The van der Waals surface area contributed by atoms with Crippen LogP contribution in [0.4, 0.5) is 0 Å². The summed E-state index contributed by atoms with van der Waals surface area (Å²) in [5.41, 5.74) is 4.42. The van der Waals surface area contributed by atoms with E-state index < -0.39 is 0 Å². The zero-order valence-electron chi connectivity index (χ0n) is 11.1. The van der Waals surface area contributed by atoms with Crippen LogP contribution in [-0.2, 0) is 6.42 Å². The van der Waals surface area contributed by atoms with Crippen LogP contribution < -0.4 is 0 Å². The third-order valence-electron chi connectivity index (χ3n) is 3.60. The number of likely N-dealkylation sites (tertiary alicyclic amines) is 1. The van der Waals surface area contributed by atoms with Gasteiger partial charge in [0.25, 0.3) is 0 Å². The van der Waals surface area contributed by atoms with Crippen molar-refractivity contribution in [2.45, 2.75) is 32.6 Å². The lowest BCUT2D eigenvalue weighted by Crippen LogP contribution is -2.18. The Morgan fingerprint density at radius 2 is 1.88 bits per heavy atom. The van der Waals surface area contributed by atoms with Gasteiger partial charge in [0, 0.05) is 6.54 Å². The van der Waals surface area contributed by atoms with Crippen LogP contribution in [-0.4, -0.2) is 25.0 Å². The van der Waals surface area contributed by atoms with Crippen molar-refractivity contribution in [3.05, 3.63) is 47.0 Å². The maximum absolute atomic E-state index is 2.45. The highest BCUT2D eigenvalue weighted by molar-refractivity contribution is 5.24. The maximum Gasteiger partial charge on any atom is 0.00155 e. The summed E-state index contributed by atoms with van der Waals surface area (Å²) >= 11 is 0. The van der Waals surface area contributed by atoms with Crippen molar-refractivity contribution in [1.82, 2.24) is 4.90 Å². The molecule has 1 saturated heterocycles. The third-order valence-corrected chi connectivity index (χ3v) is 3.60. The summed E-state index contributed by atoms with van der Waals surface area (Å²) in [7, 11) is 2.23. The molecule has 1 aliphatic heterocycles. The van der Waals surface area contributed by atoms with Gasteiger partial charge in [-0.25, -0.2) is 0 Å². The van der Waals surface area contributed by atoms with E-state index in [2.05, 4.69) is 49.2 Å². The van der Waals surface area contributed by atoms with Crippen LogP contribution in [0.25, 0.3) is 0 Å². The van der Waals surface area contributed by atoms with Gasteiger partial charge in [-0.2, -0.15) is 0 Å². The first-order chi connectivity index (χ1) is 8.24. The molecule has 0 unspecified atom stereocenters. The van der Waals surface area contributed by atoms with Crippen molar-refractivity contribution in [2.24, 2.45) is 0 Å². The van der Waals surface area contributed by atoms with Crippen molar-refractivity contribution in [2.75, 3.05) is 20.1 Å². The average Bonchev–Trinajstić information content (AvgIpc) is 2.54. The molecule has 1 aliphatic rings. The summed E-state index contributed by atoms with van der Waals surface area (Å²) in [5, 5.41) is 0. The van der Waals surface area contributed by atoms with Crippen LogP contribution >= 0.6 is 0 Å². The normalized spacial score (nSPS) is 20.5. The Bertz CT molecular complexity index is 375. The molecule has 0 amide bonds. The monoisotopic (exact) mass is 229 g/mol. The molecule has 1 heterocycles. The molecule has 1 nitrogen and oxygen atoms in total. The lowest BCUT2D eigenvalue weighted by atomic mass is 10.0. The van der Waals surface area contributed by atoms with Crippen LogP contribution in [0.1, 0.15) is 30.4 Å². The van der Waals surface area contributed by atoms with Crippen LogP contribution in [0, 0.1) is 6.92 Å². The molecule has 0 aromatic heterocycles. The topological polar surface area (TPSA) is 3.24 Å². The van der Waals surface area contributed by atoms with Gasteiger partial charge in [-0.3, -0.25) is 0 Å². The Hall–Kier alpha value is -1.08. The van der Waals surface area contributed by atoms with Crippen LogP contribution in [0.5, 0.6) is 0 Å². The molecule has 0 N–H and O–H groups in total. The molecule has 1 fully saturated rings. The molecule has 0 aliphatic carbocycles. The summed E-state index contributed by atoms with van der Waals surface area (Å²) < 4.78 is 0. The molecule has 1 heteroatoms. The third kappa shape index (κ3) is 4.01. The van der Waals surface area contributed by atoms with Gasteiger partial charge in [-0.1, -0.05) is 41.5 Å². The number of nitrogens with zero attached hydrogens (tertiary/aromatic N) is 1. The first-order valence-electron chi connectivity index (χ1n) is 6.66. The second-order valence-corrected chi connectivity index (χ2v) is 5.21. The summed E-state index contributed by atoms with van der Waals surface area (Å²) in [4.78, 5) is 2.44. The average molecular weight is 229 g/mol. The highest BCUT2D eigenvalue weighted by Gasteiger charge is 2.07. The van der Waals surface area contributed by atoms with Crippen LogP contribution in [0.15, 0.2) is 35.9 Å². The van der Waals surface area contributed by atoms with Crippen LogP contribution in [0.3, 0.4) is 0 Å². The maximum atomic E-state index is 2.45. The lowest BCUT2D eigenvalue weighted by molar-refractivity contribution is 0.351. The van der Waals surface area contributed by atoms with E-state index in [1.807, 2.05) is 0 Å². The summed E-state index contributed by atoms with van der Waals surface area (Å²) in [6, 6.07) is 8.90. The molecule has 92 valence electrons. The zero-order valence-corrected chi connectivity index (χ0v) is 11.1. The second kappa shape index (κ2) is 6.02. The molecule has 0 bridgehead atoms. The van der Waals surface area contributed by atoms with Crippen molar-refractivity contribution in [1.29, 1.82) is 0 Å². The molecule has 17 heavy (non-hydrogen) atoms. The fourth-order valence-electron chi connectivity index (χ4n) is 2.34. The Morgan fingerprint density at radius 1 is 1.12 bits per heavy atom. The first kappa shape index (κ1) is 12.4. The Kier molecular flexibility index (Phi) is 4.38. The summed E-state index contributed by atoms with van der Waals surface area (Å²) in [6.45, 7) is 4.62. The number of benzene rings is 1. The van der Waals surface area contributed by atoms with Crippen molar-refractivity contribution in [3.63, 3.8) is 0 Å².